The van der Waals surface area contributed by atoms with Gasteiger partial charge in [0.15, 0.2) is 0 Å². The fraction of sp³-hybridized carbons (Fsp3) is 0.0385. The van der Waals surface area contributed by atoms with Crippen LogP contribution in [0.4, 0.5) is 14.9 Å². The lowest BCUT2D eigenvalue weighted by molar-refractivity contribution is -0.127. The highest BCUT2D eigenvalue weighted by Gasteiger charge is 2.36. The van der Waals surface area contributed by atoms with Gasteiger partial charge in [0.25, 0.3) is 11.1 Å². The third-order valence-electron chi connectivity index (χ3n) is 5.39. The van der Waals surface area contributed by atoms with Crippen LogP contribution in [0.25, 0.3) is 22.5 Å². The largest absolute Gasteiger partial charge is 0.322 e. The van der Waals surface area contributed by atoms with Crippen molar-refractivity contribution in [3.05, 3.63) is 101 Å². The van der Waals surface area contributed by atoms with E-state index in [4.69, 9.17) is 0 Å². The molecule has 168 valence electrons. The molecule has 1 aromatic heterocycles. The molecule has 0 unspecified atom stereocenters. The van der Waals surface area contributed by atoms with Crippen molar-refractivity contribution in [1.29, 1.82) is 0 Å². The van der Waals surface area contributed by atoms with E-state index >= 15 is 0 Å². The first kappa shape index (κ1) is 21.7. The zero-order chi connectivity index (χ0) is 23.7. The molecule has 4 aromatic rings. The van der Waals surface area contributed by atoms with Crippen molar-refractivity contribution in [3.63, 3.8) is 0 Å². The second-order valence-corrected chi connectivity index (χ2v) is 8.62. The number of anilines is 1. The number of fused-ring (bicyclic) bond motifs is 1. The Labute approximate surface area is 198 Å². The lowest BCUT2D eigenvalue weighted by Crippen LogP contribution is -2.36. The molecule has 0 atom stereocenters. The van der Waals surface area contributed by atoms with E-state index in [9.17, 15) is 18.8 Å². The fourth-order valence-electron chi connectivity index (χ4n) is 3.74. The number of aromatic nitrogens is 1. The predicted molar refractivity (Wildman–Crippen MR) is 131 cm³/mol. The second-order valence-electron chi connectivity index (χ2n) is 7.63. The lowest BCUT2D eigenvalue weighted by Gasteiger charge is -2.12. The fourth-order valence-corrected chi connectivity index (χ4v) is 4.56. The summed E-state index contributed by atoms with van der Waals surface area (Å²) in [6.07, 6.45) is 3.51. The summed E-state index contributed by atoms with van der Waals surface area (Å²) in [5.74, 6) is -1.82. The van der Waals surface area contributed by atoms with Crippen LogP contribution in [0, 0.1) is 5.82 Å². The molecule has 0 spiro atoms. The van der Waals surface area contributed by atoms with Crippen LogP contribution in [0.5, 0.6) is 0 Å². The molecule has 0 radical (unpaired) electrons. The van der Waals surface area contributed by atoms with Crippen LogP contribution in [0.15, 0.2) is 90.0 Å². The molecule has 0 aliphatic carbocycles. The molecule has 5 rings (SSSR count). The van der Waals surface area contributed by atoms with Gasteiger partial charge in [-0.25, -0.2) is 4.39 Å². The van der Waals surface area contributed by atoms with Gasteiger partial charge in [-0.2, -0.15) is 0 Å². The molecule has 1 fully saturated rings. The molecule has 0 saturated carbocycles. The minimum absolute atomic E-state index is 0.0109. The van der Waals surface area contributed by atoms with Crippen molar-refractivity contribution in [3.8, 4) is 5.69 Å². The average molecular weight is 472 g/mol. The maximum absolute atomic E-state index is 13.8. The van der Waals surface area contributed by atoms with Crippen LogP contribution in [-0.2, 0) is 9.59 Å². The third-order valence-corrected chi connectivity index (χ3v) is 6.30. The molecule has 34 heavy (non-hydrogen) atoms. The first-order valence-corrected chi connectivity index (χ1v) is 11.3. The Morgan fingerprint density at radius 3 is 2.53 bits per heavy atom. The van der Waals surface area contributed by atoms with Crippen LogP contribution < -0.4 is 5.32 Å². The van der Waals surface area contributed by atoms with Crippen molar-refractivity contribution >= 4 is 51.4 Å². The van der Waals surface area contributed by atoms with Gasteiger partial charge in [-0.3, -0.25) is 19.3 Å². The molecule has 0 bridgehead atoms. The number of halogens is 1. The average Bonchev–Trinajstić information content (AvgIpc) is 3.40. The summed E-state index contributed by atoms with van der Waals surface area (Å²) in [4.78, 5) is 38.7. The molecule has 6 nitrogen and oxygen atoms in total. The number of rotatable bonds is 5. The van der Waals surface area contributed by atoms with Gasteiger partial charge in [-0.1, -0.05) is 42.5 Å². The number of carbonyl (C=O) groups excluding carboxylic acids is 3. The number of nitrogens with one attached hydrogen (secondary N) is 1. The molecule has 1 aliphatic heterocycles. The summed E-state index contributed by atoms with van der Waals surface area (Å²) < 4.78 is 15.7. The van der Waals surface area contributed by atoms with E-state index in [2.05, 4.69) is 5.32 Å². The van der Waals surface area contributed by atoms with Crippen LogP contribution in [0.2, 0.25) is 0 Å². The van der Waals surface area contributed by atoms with E-state index in [1.165, 1.54) is 18.2 Å². The number of amides is 3. The summed E-state index contributed by atoms with van der Waals surface area (Å²) in [6.45, 7) is -0.498. The minimum Gasteiger partial charge on any atom is -0.322 e. The van der Waals surface area contributed by atoms with Crippen molar-refractivity contribution in [2.45, 2.75) is 0 Å². The Morgan fingerprint density at radius 2 is 1.71 bits per heavy atom. The molecule has 1 aliphatic rings. The highest BCUT2D eigenvalue weighted by Crippen LogP contribution is 2.33. The van der Waals surface area contributed by atoms with E-state index in [1.807, 2.05) is 65.4 Å². The first-order valence-electron chi connectivity index (χ1n) is 10.5. The summed E-state index contributed by atoms with van der Waals surface area (Å²) in [7, 11) is 0. The maximum atomic E-state index is 13.8. The third kappa shape index (κ3) is 4.23. The second kappa shape index (κ2) is 8.99. The van der Waals surface area contributed by atoms with Crippen LogP contribution in [-0.4, -0.2) is 33.1 Å². The van der Waals surface area contributed by atoms with Crippen molar-refractivity contribution in [2.24, 2.45) is 0 Å². The van der Waals surface area contributed by atoms with Gasteiger partial charge < -0.3 is 9.88 Å². The van der Waals surface area contributed by atoms with E-state index in [1.54, 1.807) is 12.1 Å². The van der Waals surface area contributed by atoms with Gasteiger partial charge in [-0.15, -0.1) is 0 Å². The Kier molecular flexibility index (Phi) is 5.73. The SMILES string of the molecule is O=C(CN1C(=O)S/C(=C\c2cccn2-c2ccc3ccccc3c2)C1=O)Nc1ccccc1F. The van der Waals surface area contributed by atoms with Crippen LogP contribution >= 0.6 is 11.8 Å². The van der Waals surface area contributed by atoms with Crippen LogP contribution in [0.1, 0.15) is 5.69 Å². The number of carbonyl (C=O) groups is 3. The molecule has 1 saturated heterocycles. The van der Waals surface area contributed by atoms with Crippen molar-refractivity contribution in [1.82, 2.24) is 9.47 Å². The topological polar surface area (TPSA) is 71.4 Å². The van der Waals surface area contributed by atoms with Crippen LogP contribution in [0.3, 0.4) is 0 Å². The molecule has 3 amide bonds. The zero-order valence-corrected chi connectivity index (χ0v) is 18.6. The van der Waals surface area contributed by atoms with Crippen molar-refractivity contribution < 1.29 is 18.8 Å². The Hall–Kier alpha value is -4.17. The summed E-state index contributed by atoms with van der Waals surface area (Å²) >= 11 is 0.769. The standard InChI is InChI=1S/C26H18FN3O3S/c27-21-9-3-4-10-22(21)28-24(31)16-30-25(32)23(34-26(30)33)15-19-8-5-13-29(19)20-12-11-17-6-1-2-7-18(17)14-20/h1-15H,16H2,(H,28,31)/b23-15-. The predicted octanol–water partition coefficient (Wildman–Crippen LogP) is 5.44. The number of hydrogen-bond donors (Lipinski definition) is 1. The van der Waals surface area contributed by atoms with E-state index in [-0.39, 0.29) is 10.6 Å². The smallest absolute Gasteiger partial charge is 0.294 e. The van der Waals surface area contributed by atoms with Gasteiger partial charge in [0.05, 0.1) is 10.6 Å². The summed E-state index contributed by atoms with van der Waals surface area (Å²) in [5.41, 5.74) is 1.62. The molecule has 3 aromatic carbocycles. The molecular formula is C26H18FN3O3S. The summed E-state index contributed by atoms with van der Waals surface area (Å²) in [6, 6.07) is 23.5. The van der Waals surface area contributed by atoms with Gasteiger partial charge >= 0.3 is 0 Å². The number of thioether (sulfide) groups is 1. The van der Waals surface area contributed by atoms with Gasteiger partial charge in [-0.05, 0) is 65.0 Å². The number of hydrogen-bond acceptors (Lipinski definition) is 4. The molecule has 2 heterocycles. The Balaban J connectivity index is 1.36. The highest BCUT2D eigenvalue weighted by atomic mass is 32.2. The number of para-hydroxylation sites is 1. The van der Waals surface area contributed by atoms with E-state index < -0.39 is 29.4 Å². The maximum Gasteiger partial charge on any atom is 0.294 e. The molecule has 8 heteroatoms. The minimum atomic E-state index is -0.659. The van der Waals surface area contributed by atoms with E-state index in [0.29, 0.717) is 0 Å². The first-order chi connectivity index (χ1) is 16.5. The van der Waals surface area contributed by atoms with Gasteiger partial charge in [0.2, 0.25) is 5.91 Å². The van der Waals surface area contributed by atoms with Gasteiger partial charge in [0, 0.05) is 17.6 Å². The van der Waals surface area contributed by atoms with Gasteiger partial charge in [0.1, 0.15) is 12.4 Å². The normalized spacial score (nSPS) is 14.9. The summed E-state index contributed by atoms with van der Waals surface area (Å²) in [5, 5.41) is 4.04. The lowest BCUT2D eigenvalue weighted by atomic mass is 10.1. The number of nitrogens with zero attached hydrogens (tertiary/aromatic N) is 2. The van der Waals surface area contributed by atoms with Crippen molar-refractivity contribution in [2.75, 3.05) is 11.9 Å². The number of imide groups is 1. The van der Waals surface area contributed by atoms with E-state index in [0.717, 1.165) is 38.8 Å². The quantitative estimate of drug-likeness (QED) is 0.393. The molecular weight excluding hydrogens is 453 g/mol. The molecule has 1 N–H and O–H groups in total. The Morgan fingerprint density at radius 1 is 0.941 bits per heavy atom. The highest BCUT2D eigenvalue weighted by molar-refractivity contribution is 8.18. The monoisotopic (exact) mass is 471 g/mol. The Bertz CT molecular complexity index is 1480. The number of benzene rings is 3. The zero-order valence-electron chi connectivity index (χ0n) is 17.8.